The minimum Gasteiger partial charge on any atom is -0.496 e. The van der Waals surface area contributed by atoms with Crippen molar-refractivity contribution in [1.29, 1.82) is 0 Å². The van der Waals surface area contributed by atoms with Gasteiger partial charge in [-0.1, -0.05) is 29.8 Å². The third kappa shape index (κ3) is 3.15. The average Bonchev–Trinajstić information content (AvgIpc) is 2.66. The lowest BCUT2D eigenvalue weighted by molar-refractivity contribution is -0.124. The predicted molar refractivity (Wildman–Crippen MR) is 102 cm³/mol. The van der Waals surface area contributed by atoms with Crippen molar-refractivity contribution in [3.8, 4) is 5.75 Å². The number of methoxy groups -OCH3 is 1. The summed E-state index contributed by atoms with van der Waals surface area (Å²) < 4.78 is 5.28. The van der Waals surface area contributed by atoms with Gasteiger partial charge in [-0.15, -0.1) is 0 Å². The van der Waals surface area contributed by atoms with E-state index in [1.165, 1.54) is 7.11 Å². The van der Waals surface area contributed by atoms with Gasteiger partial charge in [0.1, 0.15) is 11.8 Å². The molecule has 0 bridgehead atoms. The van der Waals surface area contributed by atoms with Crippen molar-refractivity contribution >= 4 is 29.1 Å². The van der Waals surface area contributed by atoms with Crippen LogP contribution in [-0.2, 0) is 4.79 Å². The molecule has 1 saturated heterocycles. The normalized spacial score (nSPS) is 17.4. The molecule has 0 radical (unpaired) electrons. The monoisotopic (exact) mass is 372 g/mol. The zero-order valence-electron chi connectivity index (χ0n) is 15.0. The van der Waals surface area contributed by atoms with Crippen LogP contribution in [0.3, 0.4) is 0 Å². The molecule has 1 aliphatic rings. The smallest absolute Gasteiger partial charge is 0.258 e. The lowest BCUT2D eigenvalue weighted by Gasteiger charge is -2.39. The second-order valence-electron chi connectivity index (χ2n) is 6.25. The Balaban J connectivity index is 1.86. The van der Waals surface area contributed by atoms with E-state index in [0.29, 0.717) is 29.4 Å². The lowest BCUT2D eigenvalue weighted by atomic mass is 10.1. The van der Waals surface area contributed by atoms with Crippen LogP contribution in [0, 0.1) is 6.92 Å². The van der Waals surface area contributed by atoms with Crippen LogP contribution in [-0.4, -0.2) is 43.0 Å². The molecule has 1 aliphatic heterocycles. The fourth-order valence-corrected chi connectivity index (χ4v) is 3.42. The Labute approximate surface area is 158 Å². The van der Waals surface area contributed by atoms with Gasteiger partial charge < -0.3 is 14.5 Å². The summed E-state index contributed by atoms with van der Waals surface area (Å²) in [5.74, 6) is 0.181. The minimum atomic E-state index is -0.570. The Morgan fingerprint density at radius 2 is 1.88 bits per heavy atom. The van der Waals surface area contributed by atoms with E-state index in [9.17, 15) is 9.59 Å². The Hall–Kier alpha value is -2.53. The van der Waals surface area contributed by atoms with Crippen molar-refractivity contribution in [2.24, 2.45) is 0 Å². The van der Waals surface area contributed by atoms with Crippen LogP contribution in [0.4, 0.5) is 5.69 Å². The first kappa shape index (κ1) is 18.3. The van der Waals surface area contributed by atoms with Crippen LogP contribution >= 0.6 is 11.6 Å². The van der Waals surface area contributed by atoms with Crippen molar-refractivity contribution in [2.75, 3.05) is 25.1 Å². The van der Waals surface area contributed by atoms with Gasteiger partial charge in [0.25, 0.3) is 5.91 Å². The van der Waals surface area contributed by atoms with Gasteiger partial charge in [0.05, 0.1) is 12.7 Å². The number of carbonyl (C=O) groups is 2. The first-order chi connectivity index (χ1) is 12.5. The molecule has 136 valence electrons. The molecule has 0 aromatic heterocycles. The number of anilines is 1. The molecule has 2 amide bonds. The lowest BCUT2D eigenvalue weighted by Crippen LogP contribution is -2.58. The van der Waals surface area contributed by atoms with Gasteiger partial charge in [0, 0.05) is 23.8 Å². The van der Waals surface area contributed by atoms with Gasteiger partial charge in [0.2, 0.25) is 5.91 Å². The molecule has 0 saturated carbocycles. The maximum Gasteiger partial charge on any atom is 0.258 e. The van der Waals surface area contributed by atoms with Crippen molar-refractivity contribution < 1.29 is 14.3 Å². The molecule has 3 rings (SSSR count). The van der Waals surface area contributed by atoms with E-state index in [0.717, 1.165) is 11.3 Å². The number of piperazine rings is 1. The van der Waals surface area contributed by atoms with Gasteiger partial charge >= 0.3 is 0 Å². The molecule has 2 aromatic carbocycles. The number of para-hydroxylation sites is 1. The van der Waals surface area contributed by atoms with Gasteiger partial charge in [0.15, 0.2) is 0 Å². The molecular formula is C20H21ClN2O3. The Morgan fingerprint density at radius 3 is 2.62 bits per heavy atom. The summed E-state index contributed by atoms with van der Waals surface area (Å²) in [5, 5.41) is 0.621. The highest BCUT2D eigenvalue weighted by molar-refractivity contribution is 6.31. The number of ether oxygens (including phenoxy) is 1. The number of rotatable bonds is 3. The largest absolute Gasteiger partial charge is 0.496 e. The van der Waals surface area contributed by atoms with Crippen molar-refractivity contribution in [3.63, 3.8) is 0 Å². The number of hydrogen-bond acceptors (Lipinski definition) is 3. The van der Waals surface area contributed by atoms with Crippen LogP contribution in [0.2, 0.25) is 5.02 Å². The Kier molecular flexibility index (Phi) is 5.18. The highest BCUT2D eigenvalue weighted by Gasteiger charge is 2.36. The van der Waals surface area contributed by atoms with E-state index in [1.54, 1.807) is 41.0 Å². The molecule has 1 fully saturated rings. The number of halogens is 1. The molecule has 0 N–H and O–H groups in total. The fraction of sp³-hybridized carbons (Fsp3) is 0.300. The van der Waals surface area contributed by atoms with Crippen LogP contribution in [0.5, 0.6) is 5.75 Å². The second-order valence-corrected chi connectivity index (χ2v) is 6.66. The topological polar surface area (TPSA) is 49.9 Å². The van der Waals surface area contributed by atoms with Crippen molar-refractivity contribution in [1.82, 2.24) is 4.90 Å². The zero-order chi connectivity index (χ0) is 18.8. The van der Waals surface area contributed by atoms with Gasteiger partial charge in [-0.2, -0.15) is 0 Å². The minimum absolute atomic E-state index is 0.120. The molecule has 2 aromatic rings. The second kappa shape index (κ2) is 7.38. The highest BCUT2D eigenvalue weighted by atomic mass is 35.5. The summed E-state index contributed by atoms with van der Waals surface area (Å²) >= 11 is 6.19. The third-order valence-electron chi connectivity index (χ3n) is 4.78. The van der Waals surface area contributed by atoms with Crippen molar-refractivity contribution in [3.05, 3.63) is 58.6 Å². The van der Waals surface area contributed by atoms with E-state index < -0.39 is 6.04 Å². The first-order valence-electron chi connectivity index (χ1n) is 8.46. The summed E-state index contributed by atoms with van der Waals surface area (Å²) in [4.78, 5) is 29.2. The van der Waals surface area contributed by atoms with Crippen LogP contribution in [0.1, 0.15) is 22.8 Å². The predicted octanol–water partition coefficient (Wildman–Crippen LogP) is 3.53. The molecule has 0 spiro atoms. The SMILES string of the molecule is COc1ccccc1C(=O)N1CCN(c2cccc(Cl)c2C)C(=O)[C@@H]1C. The van der Waals surface area contributed by atoms with Crippen molar-refractivity contribution in [2.45, 2.75) is 19.9 Å². The molecule has 1 atom stereocenters. The quantitative estimate of drug-likeness (QED) is 0.828. The summed E-state index contributed by atoms with van der Waals surface area (Å²) in [6.45, 7) is 4.50. The number of benzene rings is 2. The molecule has 5 nitrogen and oxygen atoms in total. The van der Waals surface area contributed by atoms with E-state index in [1.807, 2.05) is 25.1 Å². The van der Waals surface area contributed by atoms with Crippen LogP contribution in [0.15, 0.2) is 42.5 Å². The molecule has 26 heavy (non-hydrogen) atoms. The summed E-state index contributed by atoms with van der Waals surface area (Å²) in [6, 6.07) is 12.0. The fourth-order valence-electron chi connectivity index (χ4n) is 3.25. The maximum absolute atomic E-state index is 13.0. The number of hydrogen-bond donors (Lipinski definition) is 0. The summed E-state index contributed by atoms with van der Waals surface area (Å²) in [5.41, 5.74) is 2.11. The average molecular weight is 373 g/mol. The summed E-state index contributed by atoms with van der Waals surface area (Å²) in [6.07, 6.45) is 0. The Morgan fingerprint density at radius 1 is 1.15 bits per heavy atom. The van der Waals surface area contributed by atoms with Crippen LogP contribution in [0.25, 0.3) is 0 Å². The summed E-state index contributed by atoms with van der Waals surface area (Å²) in [7, 11) is 1.53. The van der Waals surface area contributed by atoms with E-state index in [-0.39, 0.29) is 11.8 Å². The maximum atomic E-state index is 13.0. The standard InChI is InChI=1S/C20H21ClN2O3/c1-13-16(21)8-6-9-17(13)23-12-11-22(14(2)19(23)24)20(25)15-7-4-5-10-18(15)26-3/h4-10,14H,11-12H2,1-3H3/t14-/m0/s1. The van der Waals surface area contributed by atoms with Gasteiger partial charge in [-0.05, 0) is 43.7 Å². The number of nitrogens with zero attached hydrogens (tertiary/aromatic N) is 2. The number of carbonyl (C=O) groups excluding carboxylic acids is 2. The molecule has 0 aliphatic carbocycles. The van der Waals surface area contributed by atoms with Crippen LogP contribution < -0.4 is 9.64 Å². The number of amides is 2. The first-order valence-corrected chi connectivity index (χ1v) is 8.84. The van der Waals surface area contributed by atoms with Gasteiger partial charge in [-0.25, -0.2) is 0 Å². The van der Waals surface area contributed by atoms with Gasteiger partial charge in [-0.3, -0.25) is 9.59 Å². The third-order valence-corrected chi connectivity index (χ3v) is 5.19. The van der Waals surface area contributed by atoms with E-state index >= 15 is 0 Å². The molecule has 0 unspecified atom stereocenters. The Bertz CT molecular complexity index is 853. The van der Waals surface area contributed by atoms with E-state index in [2.05, 4.69) is 0 Å². The molecular weight excluding hydrogens is 352 g/mol. The molecule has 1 heterocycles. The van der Waals surface area contributed by atoms with E-state index in [4.69, 9.17) is 16.3 Å². The zero-order valence-corrected chi connectivity index (χ0v) is 15.8. The molecule has 6 heteroatoms. The highest BCUT2D eigenvalue weighted by Crippen LogP contribution is 2.30.